The van der Waals surface area contributed by atoms with Crippen LogP contribution in [0.1, 0.15) is 0 Å². The van der Waals surface area contributed by atoms with Crippen LogP contribution in [0, 0.1) is 0 Å². The van der Waals surface area contributed by atoms with Crippen LogP contribution >= 0.6 is 12.6 Å². The number of methoxy groups -OCH3 is 1. The second-order valence-corrected chi connectivity index (χ2v) is 2.41. The summed E-state index contributed by atoms with van der Waals surface area (Å²) in [5, 5.41) is 0. The second-order valence-electron chi connectivity index (χ2n) is 1.92. The number of thiol groups is 1. The zero-order valence-corrected chi connectivity index (χ0v) is 6.56. The standard InChI is InChI=1S/C7H9NOS.Na.H/c1-9-5-2-3-7(10)6(8)4-5;;/h2-4,10H,8H2,1H3;;. The molecular formula is C7H10NNaOS. The fourth-order valence-electron chi connectivity index (χ4n) is 0.660. The van der Waals surface area contributed by atoms with E-state index >= 15 is 0 Å². The van der Waals surface area contributed by atoms with Crippen molar-refractivity contribution in [1.82, 2.24) is 0 Å². The molecule has 1 aromatic rings. The van der Waals surface area contributed by atoms with Gasteiger partial charge in [0.15, 0.2) is 0 Å². The number of nitrogen functional groups attached to an aromatic ring is 1. The van der Waals surface area contributed by atoms with E-state index < -0.39 is 0 Å². The first-order chi connectivity index (χ1) is 4.74. The molecule has 0 aromatic heterocycles. The normalized spacial score (nSPS) is 8.55. The molecular weight excluding hydrogens is 169 g/mol. The summed E-state index contributed by atoms with van der Waals surface area (Å²) in [7, 11) is 1.60. The number of nitrogens with two attached hydrogens (primary N) is 1. The number of hydrogen-bond acceptors (Lipinski definition) is 3. The van der Waals surface area contributed by atoms with Gasteiger partial charge in [-0.25, -0.2) is 0 Å². The second kappa shape index (κ2) is 4.93. The minimum atomic E-state index is 0. The number of anilines is 1. The van der Waals surface area contributed by atoms with E-state index in [2.05, 4.69) is 12.6 Å². The third kappa shape index (κ3) is 2.95. The van der Waals surface area contributed by atoms with Gasteiger partial charge >= 0.3 is 29.6 Å². The molecule has 0 fully saturated rings. The first kappa shape index (κ1) is 11.2. The molecule has 4 heteroatoms. The van der Waals surface area contributed by atoms with Crippen LogP contribution in [-0.2, 0) is 0 Å². The van der Waals surface area contributed by atoms with Gasteiger partial charge in [0.25, 0.3) is 0 Å². The van der Waals surface area contributed by atoms with Crippen LogP contribution in [0.5, 0.6) is 5.75 Å². The Morgan fingerprint density at radius 3 is 2.55 bits per heavy atom. The van der Waals surface area contributed by atoms with Crippen molar-refractivity contribution in [2.75, 3.05) is 12.8 Å². The van der Waals surface area contributed by atoms with E-state index in [0.717, 1.165) is 10.6 Å². The molecule has 0 radical (unpaired) electrons. The van der Waals surface area contributed by atoms with E-state index in [-0.39, 0.29) is 29.6 Å². The topological polar surface area (TPSA) is 35.2 Å². The van der Waals surface area contributed by atoms with E-state index in [1.54, 1.807) is 19.2 Å². The summed E-state index contributed by atoms with van der Waals surface area (Å²) >= 11 is 4.10. The molecule has 0 aliphatic heterocycles. The van der Waals surface area contributed by atoms with Gasteiger partial charge in [0, 0.05) is 16.6 Å². The summed E-state index contributed by atoms with van der Waals surface area (Å²) in [6, 6.07) is 5.36. The Labute approximate surface area is 93.8 Å². The van der Waals surface area contributed by atoms with Crippen molar-refractivity contribution in [3.05, 3.63) is 18.2 Å². The summed E-state index contributed by atoms with van der Waals surface area (Å²) in [5.74, 6) is 0.760. The van der Waals surface area contributed by atoms with Crippen molar-refractivity contribution in [3.8, 4) is 5.75 Å². The fourth-order valence-corrected chi connectivity index (χ4v) is 0.799. The Morgan fingerprint density at radius 2 is 2.09 bits per heavy atom. The third-order valence-corrected chi connectivity index (χ3v) is 1.64. The summed E-state index contributed by atoms with van der Waals surface area (Å²) in [4.78, 5) is 0.779. The average Bonchev–Trinajstić information content (AvgIpc) is 1.95. The predicted molar refractivity (Wildman–Crippen MR) is 51.8 cm³/mol. The van der Waals surface area contributed by atoms with E-state index in [4.69, 9.17) is 10.5 Å². The molecule has 11 heavy (non-hydrogen) atoms. The van der Waals surface area contributed by atoms with Gasteiger partial charge in [-0.2, -0.15) is 0 Å². The Balaban J connectivity index is 0.000001000. The number of hydrogen-bond donors (Lipinski definition) is 2. The van der Waals surface area contributed by atoms with Crippen molar-refractivity contribution >= 4 is 47.9 Å². The first-order valence-electron chi connectivity index (χ1n) is 2.86. The van der Waals surface area contributed by atoms with Gasteiger partial charge in [-0.05, 0) is 12.1 Å². The Hall–Kier alpha value is 0.170. The van der Waals surface area contributed by atoms with Crippen LogP contribution in [0.15, 0.2) is 23.1 Å². The average molecular weight is 179 g/mol. The zero-order valence-electron chi connectivity index (χ0n) is 5.66. The summed E-state index contributed by atoms with van der Waals surface area (Å²) in [6.45, 7) is 0. The quantitative estimate of drug-likeness (QED) is 0.382. The SMILES string of the molecule is COc1ccc(S)c(N)c1.[NaH]. The maximum absolute atomic E-state index is 5.54. The molecule has 0 saturated carbocycles. The number of ether oxygens (including phenoxy) is 1. The molecule has 1 rings (SSSR count). The molecule has 1 aromatic carbocycles. The van der Waals surface area contributed by atoms with Crippen LogP contribution in [0.2, 0.25) is 0 Å². The molecule has 0 aliphatic rings. The molecule has 0 aliphatic carbocycles. The fraction of sp³-hybridized carbons (Fsp3) is 0.143. The Kier molecular flexibility index (Phi) is 5.01. The van der Waals surface area contributed by atoms with Gasteiger partial charge in [-0.1, -0.05) is 0 Å². The minimum absolute atomic E-state index is 0. The van der Waals surface area contributed by atoms with Gasteiger partial charge in [0.05, 0.1) is 7.11 Å². The summed E-state index contributed by atoms with van der Waals surface area (Å²) in [5.41, 5.74) is 6.18. The molecule has 0 bridgehead atoms. The molecule has 0 amide bonds. The van der Waals surface area contributed by atoms with Gasteiger partial charge in [-0.3, -0.25) is 0 Å². The molecule has 2 nitrogen and oxygen atoms in total. The van der Waals surface area contributed by atoms with Crippen molar-refractivity contribution in [3.63, 3.8) is 0 Å². The number of benzene rings is 1. The molecule has 2 N–H and O–H groups in total. The molecule has 0 saturated heterocycles. The Bertz CT molecular complexity index is 242. The summed E-state index contributed by atoms with van der Waals surface area (Å²) < 4.78 is 4.94. The van der Waals surface area contributed by atoms with E-state index in [1.807, 2.05) is 6.07 Å². The molecule has 0 atom stereocenters. The van der Waals surface area contributed by atoms with Crippen molar-refractivity contribution in [2.24, 2.45) is 0 Å². The van der Waals surface area contributed by atoms with Gasteiger partial charge in [-0.15, -0.1) is 12.6 Å². The summed E-state index contributed by atoms with van der Waals surface area (Å²) in [6.07, 6.45) is 0. The molecule has 0 unspecified atom stereocenters. The van der Waals surface area contributed by atoms with Crippen LogP contribution in [0.4, 0.5) is 5.69 Å². The van der Waals surface area contributed by atoms with Crippen molar-refractivity contribution < 1.29 is 4.74 Å². The van der Waals surface area contributed by atoms with E-state index in [9.17, 15) is 0 Å². The van der Waals surface area contributed by atoms with Gasteiger partial charge in [0.1, 0.15) is 5.75 Å². The Morgan fingerprint density at radius 1 is 1.45 bits per heavy atom. The monoisotopic (exact) mass is 179 g/mol. The maximum atomic E-state index is 5.54. The van der Waals surface area contributed by atoms with E-state index in [1.165, 1.54) is 0 Å². The van der Waals surface area contributed by atoms with Gasteiger partial charge in [0.2, 0.25) is 0 Å². The molecule has 0 heterocycles. The molecule has 0 spiro atoms. The third-order valence-electron chi connectivity index (χ3n) is 1.23. The predicted octanol–water partition coefficient (Wildman–Crippen LogP) is 0.918. The van der Waals surface area contributed by atoms with Crippen LogP contribution in [0.25, 0.3) is 0 Å². The zero-order chi connectivity index (χ0) is 7.56. The number of rotatable bonds is 1. The van der Waals surface area contributed by atoms with Crippen LogP contribution in [-0.4, -0.2) is 36.7 Å². The molecule has 56 valence electrons. The van der Waals surface area contributed by atoms with Crippen LogP contribution in [0.3, 0.4) is 0 Å². The first-order valence-corrected chi connectivity index (χ1v) is 3.31. The van der Waals surface area contributed by atoms with Crippen LogP contribution < -0.4 is 10.5 Å². The van der Waals surface area contributed by atoms with Gasteiger partial charge < -0.3 is 10.5 Å². The van der Waals surface area contributed by atoms with Crippen molar-refractivity contribution in [2.45, 2.75) is 4.90 Å². The van der Waals surface area contributed by atoms with Crippen molar-refractivity contribution in [1.29, 1.82) is 0 Å². The van der Waals surface area contributed by atoms with E-state index in [0.29, 0.717) is 5.69 Å².